The molecule has 0 saturated heterocycles. The number of aromatic amines is 2. The first kappa shape index (κ1) is 15.2. The summed E-state index contributed by atoms with van der Waals surface area (Å²) in [6, 6.07) is 0. The van der Waals surface area contributed by atoms with E-state index in [1.807, 2.05) is 0 Å². The van der Waals surface area contributed by atoms with Crippen molar-refractivity contribution in [1.29, 1.82) is 0 Å². The fourth-order valence-electron chi connectivity index (χ4n) is 2.08. The topological polar surface area (TPSA) is 124 Å². The van der Waals surface area contributed by atoms with Crippen LogP contribution in [0.5, 0.6) is 0 Å². The van der Waals surface area contributed by atoms with Crippen LogP contribution in [0.4, 0.5) is 5.82 Å². The van der Waals surface area contributed by atoms with Gasteiger partial charge in [0.25, 0.3) is 0 Å². The van der Waals surface area contributed by atoms with E-state index in [0.717, 1.165) is 12.1 Å². The largest absolute Gasteiger partial charge is 0.368 e. The predicted octanol–water partition coefficient (Wildman–Crippen LogP) is 0.890. The number of carbonyl (C=O) groups excluding carboxylic acids is 1. The number of amides is 1. The van der Waals surface area contributed by atoms with Crippen molar-refractivity contribution in [2.24, 2.45) is 0 Å². The van der Waals surface area contributed by atoms with E-state index in [1.165, 1.54) is 6.33 Å². The van der Waals surface area contributed by atoms with Crippen LogP contribution in [0.15, 0.2) is 18.9 Å². The maximum absolute atomic E-state index is 11.8. The normalized spacial score (nSPS) is 10.8. The van der Waals surface area contributed by atoms with Gasteiger partial charge >= 0.3 is 0 Å². The molecule has 3 aromatic rings. The molecular formula is C13H15ClN8O. The van der Waals surface area contributed by atoms with Crippen molar-refractivity contribution in [2.45, 2.75) is 12.8 Å². The highest BCUT2D eigenvalue weighted by Crippen LogP contribution is 2.18. The van der Waals surface area contributed by atoms with Gasteiger partial charge in [-0.15, -0.1) is 0 Å². The van der Waals surface area contributed by atoms with Crippen LogP contribution in [0.3, 0.4) is 0 Å². The van der Waals surface area contributed by atoms with Gasteiger partial charge in [-0.1, -0.05) is 0 Å². The molecule has 0 aliphatic rings. The molecule has 0 atom stereocenters. The van der Waals surface area contributed by atoms with Crippen LogP contribution in [-0.2, 0) is 11.2 Å². The second-order valence-electron chi connectivity index (χ2n) is 4.80. The van der Waals surface area contributed by atoms with Gasteiger partial charge in [0.1, 0.15) is 5.52 Å². The van der Waals surface area contributed by atoms with Crippen molar-refractivity contribution in [1.82, 2.24) is 35.2 Å². The molecule has 0 fully saturated rings. The van der Waals surface area contributed by atoms with Gasteiger partial charge in [0.05, 0.1) is 12.7 Å². The quantitative estimate of drug-likeness (QED) is 0.476. The van der Waals surface area contributed by atoms with Crippen molar-refractivity contribution in [3.63, 3.8) is 0 Å². The predicted molar refractivity (Wildman–Crippen MR) is 85.1 cm³/mol. The number of hydrogen-bond acceptors (Lipinski definition) is 6. The lowest BCUT2D eigenvalue weighted by atomic mass is 10.3. The van der Waals surface area contributed by atoms with Crippen LogP contribution < -0.4 is 10.6 Å². The number of hydrogen-bond donors (Lipinski definition) is 4. The average molecular weight is 335 g/mol. The molecule has 0 bridgehead atoms. The Labute approximate surface area is 136 Å². The van der Waals surface area contributed by atoms with Crippen LogP contribution in [0, 0.1) is 0 Å². The summed E-state index contributed by atoms with van der Waals surface area (Å²) in [5.74, 6) is 0.487. The van der Waals surface area contributed by atoms with Gasteiger partial charge in [-0.25, -0.2) is 9.97 Å². The lowest BCUT2D eigenvalue weighted by Crippen LogP contribution is -2.27. The molecule has 4 N–H and O–H groups in total. The number of aromatic nitrogens is 6. The molecular weight excluding hydrogens is 320 g/mol. The number of carbonyl (C=O) groups is 1. The third kappa shape index (κ3) is 3.95. The van der Waals surface area contributed by atoms with E-state index in [4.69, 9.17) is 11.6 Å². The summed E-state index contributed by atoms with van der Waals surface area (Å²) in [4.78, 5) is 33.7. The number of fused-ring (bicyclic) bond motifs is 1. The Kier molecular flexibility index (Phi) is 4.67. The molecule has 3 rings (SSSR count). The lowest BCUT2D eigenvalue weighted by Gasteiger charge is -2.07. The minimum atomic E-state index is -0.0435. The number of nitrogens with one attached hydrogen (secondary N) is 4. The van der Waals surface area contributed by atoms with Crippen LogP contribution in [0.2, 0.25) is 5.28 Å². The van der Waals surface area contributed by atoms with Gasteiger partial charge in [0.2, 0.25) is 11.2 Å². The highest BCUT2D eigenvalue weighted by molar-refractivity contribution is 6.28. The third-order valence-corrected chi connectivity index (χ3v) is 3.34. The van der Waals surface area contributed by atoms with Crippen molar-refractivity contribution < 1.29 is 4.79 Å². The minimum Gasteiger partial charge on any atom is -0.368 e. The van der Waals surface area contributed by atoms with Gasteiger partial charge in [-0.3, -0.25) is 4.79 Å². The van der Waals surface area contributed by atoms with E-state index in [9.17, 15) is 4.79 Å². The highest BCUT2D eigenvalue weighted by atomic mass is 35.5. The summed E-state index contributed by atoms with van der Waals surface area (Å²) in [5.41, 5.74) is 2.13. The molecule has 0 aliphatic carbocycles. The van der Waals surface area contributed by atoms with Crippen molar-refractivity contribution in [2.75, 3.05) is 18.4 Å². The zero-order valence-corrected chi connectivity index (χ0v) is 12.9. The number of halogens is 1. The Morgan fingerprint density at radius 3 is 2.96 bits per heavy atom. The first-order chi connectivity index (χ1) is 11.2. The number of anilines is 1. The molecule has 0 radical (unpaired) electrons. The molecule has 0 unspecified atom stereocenters. The fraction of sp³-hybridized carbons (Fsp3) is 0.308. The average Bonchev–Trinajstić information content (AvgIpc) is 3.18. The molecule has 120 valence electrons. The summed E-state index contributed by atoms with van der Waals surface area (Å²) in [6.45, 7) is 0.989. The number of imidazole rings is 2. The Morgan fingerprint density at radius 1 is 1.22 bits per heavy atom. The Morgan fingerprint density at radius 2 is 2.13 bits per heavy atom. The van der Waals surface area contributed by atoms with Gasteiger partial charge < -0.3 is 20.6 Å². The molecule has 0 aliphatic heterocycles. The van der Waals surface area contributed by atoms with Crippen molar-refractivity contribution in [3.05, 3.63) is 29.8 Å². The zero-order valence-electron chi connectivity index (χ0n) is 12.1. The number of rotatable bonds is 7. The van der Waals surface area contributed by atoms with Crippen LogP contribution in [0.25, 0.3) is 11.2 Å². The van der Waals surface area contributed by atoms with Crippen LogP contribution >= 0.6 is 11.6 Å². The molecule has 3 aromatic heterocycles. The van der Waals surface area contributed by atoms with E-state index in [1.54, 1.807) is 12.5 Å². The van der Waals surface area contributed by atoms with Crippen molar-refractivity contribution >= 4 is 34.5 Å². The SMILES string of the molecule is O=C(CCNc1nc(Cl)nc2nc[nH]c12)NCCc1cnc[nH]1. The molecule has 0 spiro atoms. The van der Waals surface area contributed by atoms with Gasteiger partial charge in [-0.2, -0.15) is 9.97 Å². The minimum absolute atomic E-state index is 0.0435. The number of nitrogens with zero attached hydrogens (tertiary/aromatic N) is 4. The third-order valence-electron chi connectivity index (χ3n) is 3.17. The first-order valence-corrected chi connectivity index (χ1v) is 7.44. The summed E-state index contributed by atoms with van der Waals surface area (Å²) < 4.78 is 0. The smallest absolute Gasteiger partial charge is 0.226 e. The molecule has 0 aromatic carbocycles. The molecule has 9 nitrogen and oxygen atoms in total. The lowest BCUT2D eigenvalue weighted by molar-refractivity contribution is -0.120. The first-order valence-electron chi connectivity index (χ1n) is 7.07. The molecule has 10 heteroatoms. The Balaban J connectivity index is 1.45. The van der Waals surface area contributed by atoms with E-state index in [-0.39, 0.29) is 11.2 Å². The maximum atomic E-state index is 11.8. The standard InChI is InChI=1S/C13H15ClN8O/c14-13-21-11(10-12(22-13)20-7-19-10)17-4-2-9(23)16-3-1-8-5-15-6-18-8/h5-7H,1-4H2,(H,15,18)(H,16,23)(H2,17,19,20,21,22). The van der Waals surface area contributed by atoms with E-state index >= 15 is 0 Å². The van der Waals surface area contributed by atoms with Crippen LogP contribution in [0.1, 0.15) is 12.1 Å². The summed E-state index contributed by atoms with van der Waals surface area (Å²) in [6.07, 6.45) is 5.91. The second-order valence-corrected chi connectivity index (χ2v) is 5.13. The molecule has 23 heavy (non-hydrogen) atoms. The van der Waals surface area contributed by atoms with Gasteiger partial charge in [0, 0.05) is 37.8 Å². The fourth-order valence-corrected chi connectivity index (χ4v) is 2.24. The Bertz CT molecular complexity index is 784. The van der Waals surface area contributed by atoms with Crippen LogP contribution in [-0.4, -0.2) is 48.9 Å². The number of H-pyrrole nitrogens is 2. The summed E-state index contributed by atoms with van der Waals surface area (Å²) in [7, 11) is 0. The van der Waals surface area contributed by atoms with E-state index < -0.39 is 0 Å². The molecule has 3 heterocycles. The van der Waals surface area contributed by atoms with Gasteiger partial charge in [0.15, 0.2) is 11.5 Å². The highest BCUT2D eigenvalue weighted by Gasteiger charge is 2.09. The molecule has 0 saturated carbocycles. The summed E-state index contributed by atoms with van der Waals surface area (Å²) >= 11 is 5.84. The second kappa shape index (κ2) is 7.05. The monoisotopic (exact) mass is 334 g/mol. The summed E-state index contributed by atoms with van der Waals surface area (Å²) in [5, 5.41) is 6.02. The molecule has 1 amide bonds. The van der Waals surface area contributed by atoms with Crippen molar-refractivity contribution in [3.8, 4) is 0 Å². The van der Waals surface area contributed by atoms with E-state index in [2.05, 4.69) is 40.5 Å². The van der Waals surface area contributed by atoms with E-state index in [0.29, 0.717) is 36.5 Å². The van der Waals surface area contributed by atoms with Gasteiger partial charge in [-0.05, 0) is 11.6 Å². The zero-order chi connectivity index (χ0) is 16.1. The Hall–Kier alpha value is -2.68. The maximum Gasteiger partial charge on any atom is 0.226 e.